The standard InChI is InChI=1S/C9H17ClO3S/c10-14(11,12)7-3-6-13-8-9-4-1-2-5-9/h9H,1-8H2. The van der Waals surface area contributed by atoms with Gasteiger partial charge in [0.15, 0.2) is 0 Å². The fraction of sp³-hybridized carbons (Fsp3) is 1.00. The van der Waals surface area contributed by atoms with Gasteiger partial charge in [0.2, 0.25) is 9.05 Å². The van der Waals surface area contributed by atoms with E-state index < -0.39 is 9.05 Å². The lowest BCUT2D eigenvalue weighted by molar-refractivity contribution is 0.102. The van der Waals surface area contributed by atoms with E-state index in [1.807, 2.05) is 0 Å². The summed E-state index contributed by atoms with van der Waals surface area (Å²) in [6.07, 6.45) is 5.63. The van der Waals surface area contributed by atoms with Crippen molar-refractivity contribution < 1.29 is 13.2 Å². The molecular formula is C9H17ClO3S. The maximum atomic E-state index is 10.6. The fourth-order valence-corrected chi connectivity index (χ4v) is 2.55. The van der Waals surface area contributed by atoms with Gasteiger partial charge >= 0.3 is 0 Å². The van der Waals surface area contributed by atoms with E-state index in [1.54, 1.807) is 0 Å². The highest BCUT2D eigenvalue weighted by Gasteiger charge is 2.14. The minimum absolute atomic E-state index is 0.0131. The smallest absolute Gasteiger partial charge is 0.232 e. The lowest BCUT2D eigenvalue weighted by Gasteiger charge is -2.08. The van der Waals surface area contributed by atoms with Gasteiger partial charge in [-0.1, -0.05) is 12.8 Å². The molecule has 1 aliphatic rings. The number of hydrogen-bond acceptors (Lipinski definition) is 3. The third kappa shape index (κ3) is 5.83. The first kappa shape index (κ1) is 12.3. The zero-order valence-corrected chi connectivity index (χ0v) is 9.82. The predicted octanol–water partition coefficient (Wildman–Crippen LogP) is 2.15. The molecule has 0 saturated heterocycles. The quantitative estimate of drug-likeness (QED) is 0.528. The molecule has 0 aromatic heterocycles. The maximum absolute atomic E-state index is 10.6. The highest BCUT2D eigenvalue weighted by molar-refractivity contribution is 8.13. The fourth-order valence-electron chi connectivity index (χ4n) is 1.76. The Labute approximate surface area is 90.2 Å². The molecule has 5 heteroatoms. The van der Waals surface area contributed by atoms with Gasteiger partial charge < -0.3 is 4.74 Å². The summed E-state index contributed by atoms with van der Waals surface area (Å²) in [5.74, 6) is 0.710. The van der Waals surface area contributed by atoms with Crippen LogP contribution in [0.25, 0.3) is 0 Å². The number of halogens is 1. The van der Waals surface area contributed by atoms with Crippen molar-refractivity contribution in [3.8, 4) is 0 Å². The molecule has 0 spiro atoms. The van der Waals surface area contributed by atoms with Gasteiger partial charge in [0.1, 0.15) is 0 Å². The van der Waals surface area contributed by atoms with Crippen molar-refractivity contribution in [1.82, 2.24) is 0 Å². The lowest BCUT2D eigenvalue weighted by atomic mass is 10.1. The minimum atomic E-state index is -3.33. The van der Waals surface area contributed by atoms with E-state index >= 15 is 0 Å². The monoisotopic (exact) mass is 240 g/mol. The Morgan fingerprint density at radius 3 is 2.50 bits per heavy atom. The summed E-state index contributed by atoms with van der Waals surface area (Å²) in [4.78, 5) is 0. The highest BCUT2D eigenvalue weighted by atomic mass is 35.7. The molecule has 3 nitrogen and oxygen atoms in total. The molecule has 0 heterocycles. The first-order valence-electron chi connectivity index (χ1n) is 5.08. The molecule has 1 saturated carbocycles. The highest BCUT2D eigenvalue weighted by Crippen LogP contribution is 2.24. The summed E-state index contributed by atoms with van der Waals surface area (Å²) >= 11 is 0. The van der Waals surface area contributed by atoms with Crippen LogP contribution in [0, 0.1) is 5.92 Å². The van der Waals surface area contributed by atoms with E-state index in [0.717, 1.165) is 6.61 Å². The van der Waals surface area contributed by atoms with Gasteiger partial charge in [-0.25, -0.2) is 8.42 Å². The number of rotatable bonds is 6. The Morgan fingerprint density at radius 1 is 1.29 bits per heavy atom. The lowest BCUT2D eigenvalue weighted by Crippen LogP contribution is -2.08. The second-order valence-corrected chi connectivity index (χ2v) is 6.72. The van der Waals surface area contributed by atoms with Crippen LogP contribution in [0.15, 0.2) is 0 Å². The van der Waals surface area contributed by atoms with E-state index in [4.69, 9.17) is 15.4 Å². The Morgan fingerprint density at radius 2 is 1.93 bits per heavy atom. The molecule has 0 unspecified atom stereocenters. The van der Waals surface area contributed by atoms with Gasteiger partial charge in [-0.15, -0.1) is 0 Å². The summed E-state index contributed by atoms with van der Waals surface area (Å²) in [5, 5.41) is 0. The first-order chi connectivity index (χ1) is 6.58. The predicted molar refractivity (Wildman–Crippen MR) is 57.0 cm³/mol. The van der Waals surface area contributed by atoms with Crippen LogP contribution in [0.2, 0.25) is 0 Å². The van der Waals surface area contributed by atoms with Gasteiger partial charge in [-0.2, -0.15) is 0 Å². The minimum Gasteiger partial charge on any atom is -0.381 e. The van der Waals surface area contributed by atoms with Crippen molar-refractivity contribution in [1.29, 1.82) is 0 Å². The summed E-state index contributed by atoms with van der Waals surface area (Å²) < 4.78 is 26.5. The number of ether oxygens (including phenoxy) is 1. The van der Waals surface area contributed by atoms with E-state index in [2.05, 4.69) is 0 Å². The zero-order chi connectivity index (χ0) is 10.4. The largest absolute Gasteiger partial charge is 0.381 e. The second kappa shape index (κ2) is 5.93. The molecule has 0 aliphatic heterocycles. The summed E-state index contributed by atoms with van der Waals surface area (Å²) in [7, 11) is 1.72. The van der Waals surface area contributed by atoms with Gasteiger partial charge in [-0.3, -0.25) is 0 Å². The molecule has 0 amide bonds. The van der Waals surface area contributed by atoms with Gasteiger partial charge in [0.25, 0.3) is 0 Å². The molecule has 1 rings (SSSR count). The molecule has 84 valence electrons. The van der Waals surface area contributed by atoms with Gasteiger partial charge in [-0.05, 0) is 25.2 Å². The molecule has 0 aromatic carbocycles. The Balaban J connectivity index is 1.94. The average molecular weight is 241 g/mol. The van der Waals surface area contributed by atoms with Crippen LogP contribution in [0.3, 0.4) is 0 Å². The second-order valence-electron chi connectivity index (χ2n) is 3.82. The van der Waals surface area contributed by atoms with Crippen molar-refractivity contribution >= 4 is 19.7 Å². The van der Waals surface area contributed by atoms with Crippen molar-refractivity contribution in [2.24, 2.45) is 5.92 Å². The van der Waals surface area contributed by atoms with Crippen LogP contribution in [0.4, 0.5) is 0 Å². The van der Waals surface area contributed by atoms with Crippen LogP contribution in [0.1, 0.15) is 32.1 Å². The summed E-state index contributed by atoms with van der Waals surface area (Å²) in [6.45, 7) is 1.28. The molecule has 1 aliphatic carbocycles. The zero-order valence-electron chi connectivity index (χ0n) is 8.25. The van der Waals surface area contributed by atoms with Crippen molar-refractivity contribution in [2.45, 2.75) is 32.1 Å². The molecule has 0 aromatic rings. The Hall–Kier alpha value is 0.200. The number of hydrogen-bond donors (Lipinski definition) is 0. The van der Waals surface area contributed by atoms with Crippen LogP contribution in [-0.2, 0) is 13.8 Å². The van der Waals surface area contributed by atoms with Gasteiger partial charge in [0.05, 0.1) is 5.75 Å². The van der Waals surface area contributed by atoms with E-state index in [0.29, 0.717) is 18.9 Å². The maximum Gasteiger partial charge on any atom is 0.232 e. The Kier molecular flexibility index (Phi) is 5.20. The topological polar surface area (TPSA) is 43.4 Å². The molecule has 0 radical (unpaired) electrons. The van der Waals surface area contributed by atoms with E-state index in [-0.39, 0.29) is 5.75 Å². The molecule has 14 heavy (non-hydrogen) atoms. The molecule has 0 atom stereocenters. The van der Waals surface area contributed by atoms with Crippen LogP contribution in [-0.4, -0.2) is 27.4 Å². The summed E-state index contributed by atoms with van der Waals surface area (Å²) in [6, 6.07) is 0. The molecular weight excluding hydrogens is 224 g/mol. The molecule has 0 N–H and O–H groups in total. The van der Waals surface area contributed by atoms with Crippen molar-refractivity contribution in [3.63, 3.8) is 0 Å². The first-order valence-corrected chi connectivity index (χ1v) is 7.56. The van der Waals surface area contributed by atoms with Crippen LogP contribution < -0.4 is 0 Å². The third-order valence-electron chi connectivity index (χ3n) is 2.51. The Bertz CT molecular complexity index is 245. The molecule has 0 bridgehead atoms. The summed E-state index contributed by atoms with van der Waals surface area (Å²) in [5.41, 5.74) is 0. The van der Waals surface area contributed by atoms with Crippen molar-refractivity contribution in [3.05, 3.63) is 0 Å². The van der Waals surface area contributed by atoms with Crippen LogP contribution >= 0.6 is 10.7 Å². The molecule has 1 fully saturated rings. The SMILES string of the molecule is O=S(=O)(Cl)CCCOCC1CCCC1. The van der Waals surface area contributed by atoms with E-state index in [1.165, 1.54) is 25.7 Å². The van der Waals surface area contributed by atoms with Gasteiger partial charge in [0, 0.05) is 23.9 Å². The van der Waals surface area contributed by atoms with E-state index in [9.17, 15) is 8.42 Å². The van der Waals surface area contributed by atoms with Crippen LogP contribution in [0.5, 0.6) is 0 Å². The normalized spacial score (nSPS) is 18.9. The average Bonchev–Trinajstić information content (AvgIpc) is 2.54. The third-order valence-corrected chi connectivity index (χ3v) is 3.74. The van der Waals surface area contributed by atoms with Crippen molar-refractivity contribution in [2.75, 3.05) is 19.0 Å².